The van der Waals surface area contributed by atoms with Crippen molar-refractivity contribution in [2.24, 2.45) is 0 Å². The summed E-state index contributed by atoms with van der Waals surface area (Å²) in [5.41, 5.74) is 0.622. The van der Waals surface area contributed by atoms with Crippen molar-refractivity contribution in [3.05, 3.63) is 48.0 Å². The average molecular weight is 442 g/mol. The highest BCUT2D eigenvalue weighted by molar-refractivity contribution is 5.90. The Bertz CT molecular complexity index is 970. The van der Waals surface area contributed by atoms with E-state index in [2.05, 4.69) is 14.8 Å². The molecule has 1 amide bonds. The maximum Gasteiger partial charge on any atom is 0.415 e. The number of amides is 1. The summed E-state index contributed by atoms with van der Waals surface area (Å²) in [6, 6.07) is 7.94. The number of carbonyl (C=O) groups excluding carboxylic acids is 1. The van der Waals surface area contributed by atoms with Gasteiger partial charge in [0, 0.05) is 38.9 Å². The highest BCUT2D eigenvalue weighted by atomic mass is 19.1. The fourth-order valence-electron chi connectivity index (χ4n) is 4.69. The molecule has 3 fully saturated rings. The Labute approximate surface area is 186 Å². The monoisotopic (exact) mass is 441 g/mol. The van der Waals surface area contributed by atoms with Gasteiger partial charge in [0.25, 0.3) is 0 Å². The second kappa shape index (κ2) is 8.99. The molecule has 1 aromatic heterocycles. The Hall–Kier alpha value is -2.78. The van der Waals surface area contributed by atoms with Crippen molar-refractivity contribution in [3.8, 4) is 0 Å². The van der Waals surface area contributed by atoms with Crippen LogP contribution in [0.15, 0.2) is 36.5 Å². The van der Waals surface area contributed by atoms with Gasteiger partial charge in [-0.3, -0.25) is 9.80 Å². The molecule has 0 saturated carbocycles. The molecule has 5 rings (SSSR count). The van der Waals surface area contributed by atoms with Gasteiger partial charge >= 0.3 is 6.09 Å². The third-order valence-electron chi connectivity index (χ3n) is 6.24. The van der Waals surface area contributed by atoms with E-state index >= 15 is 0 Å². The third-order valence-corrected chi connectivity index (χ3v) is 6.24. The van der Waals surface area contributed by atoms with Crippen LogP contribution in [0.2, 0.25) is 0 Å². The van der Waals surface area contributed by atoms with E-state index in [1.54, 1.807) is 12.1 Å². The second-order valence-electron chi connectivity index (χ2n) is 8.78. The van der Waals surface area contributed by atoms with E-state index in [0.29, 0.717) is 45.1 Å². The van der Waals surface area contributed by atoms with Crippen molar-refractivity contribution < 1.29 is 18.7 Å². The van der Waals surface area contributed by atoms with Crippen molar-refractivity contribution in [1.82, 2.24) is 14.9 Å². The Balaban J connectivity index is 1.30. The average Bonchev–Trinajstić information content (AvgIpc) is 3.00. The predicted octanol–water partition coefficient (Wildman–Crippen LogP) is 2.83. The van der Waals surface area contributed by atoms with Crippen LogP contribution >= 0.6 is 0 Å². The molecule has 8 nitrogen and oxygen atoms in total. The van der Waals surface area contributed by atoms with E-state index in [0.717, 1.165) is 24.7 Å². The molecule has 3 aliphatic heterocycles. The van der Waals surface area contributed by atoms with Gasteiger partial charge < -0.3 is 14.4 Å². The van der Waals surface area contributed by atoms with E-state index in [1.807, 2.05) is 12.3 Å². The molecule has 1 atom stereocenters. The number of rotatable bonds is 4. The summed E-state index contributed by atoms with van der Waals surface area (Å²) in [7, 11) is 0. The zero-order valence-electron chi connectivity index (χ0n) is 18.1. The van der Waals surface area contributed by atoms with Gasteiger partial charge in [0.1, 0.15) is 5.82 Å². The lowest BCUT2D eigenvalue weighted by molar-refractivity contribution is -0.0155. The summed E-state index contributed by atoms with van der Waals surface area (Å²) in [6.07, 6.45) is 4.95. The fourth-order valence-corrected chi connectivity index (χ4v) is 4.69. The third kappa shape index (κ3) is 4.54. The molecule has 0 aliphatic carbocycles. The van der Waals surface area contributed by atoms with Gasteiger partial charge in [-0.15, -0.1) is 0 Å². The zero-order valence-corrected chi connectivity index (χ0v) is 18.1. The first kappa shape index (κ1) is 21.1. The van der Waals surface area contributed by atoms with E-state index in [4.69, 9.17) is 14.5 Å². The number of anilines is 2. The van der Waals surface area contributed by atoms with Gasteiger partial charge in [-0.2, -0.15) is 0 Å². The van der Waals surface area contributed by atoms with E-state index in [1.165, 1.54) is 36.3 Å². The molecule has 0 radical (unpaired) electrons. The van der Waals surface area contributed by atoms with Crippen molar-refractivity contribution in [1.29, 1.82) is 0 Å². The van der Waals surface area contributed by atoms with Crippen molar-refractivity contribution in [3.63, 3.8) is 0 Å². The summed E-state index contributed by atoms with van der Waals surface area (Å²) in [6.45, 7) is 5.01. The normalized spacial score (nSPS) is 24.6. The smallest absolute Gasteiger partial charge is 0.415 e. The zero-order chi connectivity index (χ0) is 22.0. The van der Waals surface area contributed by atoms with Crippen LogP contribution in [0.25, 0.3) is 0 Å². The number of nitrogens with zero attached hydrogens (tertiary/aromatic N) is 5. The summed E-state index contributed by atoms with van der Waals surface area (Å²) in [4.78, 5) is 27.8. The van der Waals surface area contributed by atoms with Gasteiger partial charge in [0.15, 0.2) is 5.60 Å². The number of hydrogen-bond donors (Lipinski definition) is 0. The Morgan fingerprint density at radius 3 is 2.81 bits per heavy atom. The first-order chi connectivity index (χ1) is 15.6. The number of ether oxygens (including phenoxy) is 2. The molecule has 3 aliphatic rings. The SMILES string of the molecule is O=C1O[C@@]2(COCCN(Cc3ccnc(N4CCCCC4)n3)C2)CN1c1cccc(F)c1. The van der Waals surface area contributed by atoms with Crippen molar-refractivity contribution in [2.45, 2.75) is 31.4 Å². The van der Waals surface area contributed by atoms with Gasteiger partial charge in [-0.05, 0) is 43.5 Å². The van der Waals surface area contributed by atoms with Crippen molar-refractivity contribution in [2.75, 3.05) is 55.7 Å². The lowest BCUT2D eigenvalue weighted by Crippen LogP contribution is -2.47. The lowest BCUT2D eigenvalue weighted by Gasteiger charge is -2.30. The Kier molecular flexibility index (Phi) is 5.93. The minimum Gasteiger partial charge on any atom is -0.437 e. The minimum atomic E-state index is -0.803. The van der Waals surface area contributed by atoms with E-state index < -0.39 is 11.7 Å². The van der Waals surface area contributed by atoms with Crippen LogP contribution in [0, 0.1) is 5.82 Å². The number of aromatic nitrogens is 2. The standard InChI is InChI=1S/C23H28FN5O3/c24-18-5-4-6-20(13-18)29-16-23(32-22(29)30)15-27(11-12-31-17-23)14-19-7-8-25-21(26-19)28-9-2-1-3-10-28/h4-8,13H,1-3,9-12,14-17H2/t23-/m1/s1. The number of carbonyl (C=O) groups is 1. The number of piperidine rings is 1. The molecule has 2 aromatic rings. The van der Waals surface area contributed by atoms with E-state index in [9.17, 15) is 9.18 Å². The topological polar surface area (TPSA) is 71.0 Å². The highest BCUT2D eigenvalue weighted by Crippen LogP contribution is 2.31. The molecule has 0 bridgehead atoms. The minimum absolute atomic E-state index is 0.309. The maximum absolute atomic E-state index is 13.7. The van der Waals surface area contributed by atoms with Gasteiger partial charge in [0.2, 0.25) is 5.95 Å². The molecule has 1 aromatic carbocycles. The number of hydrogen-bond acceptors (Lipinski definition) is 7. The molecule has 32 heavy (non-hydrogen) atoms. The molecule has 4 heterocycles. The predicted molar refractivity (Wildman–Crippen MR) is 117 cm³/mol. The van der Waals surface area contributed by atoms with E-state index in [-0.39, 0.29) is 5.82 Å². The summed E-state index contributed by atoms with van der Waals surface area (Å²) < 4.78 is 25.3. The number of halogens is 1. The summed E-state index contributed by atoms with van der Waals surface area (Å²) >= 11 is 0. The molecule has 0 N–H and O–H groups in total. The first-order valence-electron chi connectivity index (χ1n) is 11.2. The Morgan fingerprint density at radius 2 is 1.97 bits per heavy atom. The molecule has 0 unspecified atom stereocenters. The van der Waals surface area contributed by atoms with Crippen LogP contribution < -0.4 is 9.80 Å². The Morgan fingerprint density at radius 1 is 1.09 bits per heavy atom. The molecular formula is C23H28FN5O3. The van der Waals surface area contributed by atoms with Crippen LogP contribution in [0.4, 0.5) is 20.8 Å². The van der Waals surface area contributed by atoms with Gasteiger partial charge in [-0.25, -0.2) is 19.2 Å². The quantitative estimate of drug-likeness (QED) is 0.723. The molecule has 170 valence electrons. The van der Waals surface area contributed by atoms with Gasteiger partial charge in [-0.1, -0.05) is 6.07 Å². The summed E-state index contributed by atoms with van der Waals surface area (Å²) in [5.74, 6) is 0.399. The van der Waals surface area contributed by atoms with Crippen LogP contribution in [0.3, 0.4) is 0 Å². The molecule has 3 saturated heterocycles. The lowest BCUT2D eigenvalue weighted by atomic mass is 10.0. The van der Waals surface area contributed by atoms with Crippen molar-refractivity contribution >= 4 is 17.7 Å². The second-order valence-corrected chi connectivity index (χ2v) is 8.78. The number of benzene rings is 1. The van der Waals surface area contributed by atoms with Crippen LogP contribution in [0.1, 0.15) is 25.0 Å². The largest absolute Gasteiger partial charge is 0.437 e. The molecule has 9 heteroatoms. The molecular weight excluding hydrogens is 413 g/mol. The first-order valence-corrected chi connectivity index (χ1v) is 11.2. The van der Waals surface area contributed by atoms with Crippen LogP contribution in [0.5, 0.6) is 0 Å². The van der Waals surface area contributed by atoms with Crippen LogP contribution in [-0.4, -0.2) is 72.5 Å². The fraction of sp³-hybridized carbons (Fsp3) is 0.522. The maximum atomic E-state index is 13.7. The van der Waals surface area contributed by atoms with Gasteiger partial charge in [0.05, 0.1) is 31.1 Å². The van der Waals surface area contributed by atoms with Crippen LogP contribution in [-0.2, 0) is 16.0 Å². The highest BCUT2D eigenvalue weighted by Gasteiger charge is 2.48. The summed E-state index contributed by atoms with van der Waals surface area (Å²) in [5, 5.41) is 0. The molecule has 1 spiro atoms.